The molecule has 0 aromatic carbocycles. The van der Waals surface area contributed by atoms with Crippen molar-refractivity contribution in [1.82, 2.24) is 5.32 Å². The van der Waals surface area contributed by atoms with Gasteiger partial charge in [-0.25, -0.2) is 0 Å². The monoisotopic (exact) mass is 184 g/mol. The number of hydrogen-bond acceptors (Lipinski definition) is 3. The summed E-state index contributed by atoms with van der Waals surface area (Å²) in [5.74, 6) is 0. The van der Waals surface area contributed by atoms with Crippen LogP contribution >= 0.6 is 0 Å². The predicted molar refractivity (Wildman–Crippen MR) is 53.4 cm³/mol. The molecule has 0 saturated heterocycles. The number of ether oxygens (including phenoxy) is 1. The maximum Gasteiger partial charge on any atom is 0.0639 e. The van der Waals surface area contributed by atoms with Gasteiger partial charge in [0.2, 0.25) is 0 Å². The van der Waals surface area contributed by atoms with Gasteiger partial charge in [-0.15, -0.1) is 0 Å². The molecule has 0 aliphatic carbocycles. The molecule has 76 valence electrons. The van der Waals surface area contributed by atoms with Crippen LogP contribution < -0.4 is 5.32 Å². The highest BCUT2D eigenvalue weighted by Gasteiger charge is 2.20. The van der Waals surface area contributed by atoms with Crippen molar-refractivity contribution >= 4 is 0 Å². The summed E-state index contributed by atoms with van der Waals surface area (Å²) in [6.45, 7) is 6.90. The van der Waals surface area contributed by atoms with Gasteiger partial charge in [0.05, 0.1) is 19.1 Å². The molecule has 0 heterocycles. The normalized spacial score (nSPS) is 13.8. The van der Waals surface area contributed by atoms with Crippen molar-refractivity contribution in [2.24, 2.45) is 0 Å². The molecule has 3 heteroatoms. The molecule has 13 heavy (non-hydrogen) atoms. The summed E-state index contributed by atoms with van der Waals surface area (Å²) in [6.07, 6.45) is 1.53. The van der Waals surface area contributed by atoms with Crippen LogP contribution in [0.15, 0.2) is 0 Å². The fourth-order valence-corrected chi connectivity index (χ4v) is 1.36. The summed E-state index contributed by atoms with van der Waals surface area (Å²) in [5, 5.41) is 12.0. The first-order valence-corrected chi connectivity index (χ1v) is 4.69. The lowest BCUT2D eigenvalue weighted by atomic mass is 10.0. The maximum absolute atomic E-state index is 8.57. The second-order valence-corrected chi connectivity index (χ2v) is 3.93. The fourth-order valence-electron chi connectivity index (χ4n) is 1.36. The van der Waals surface area contributed by atoms with Gasteiger partial charge in [0.25, 0.3) is 0 Å². The number of rotatable bonds is 6. The molecule has 0 amide bonds. The van der Waals surface area contributed by atoms with Crippen LogP contribution in [0.25, 0.3) is 0 Å². The van der Waals surface area contributed by atoms with Crippen molar-refractivity contribution in [3.05, 3.63) is 0 Å². The topological polar surface area (TPSA) is 45.0 Å². The Morgan fingerprint density at radius 3 is 2.54 bits per heavy atom. The summed E-state index contributed by atoms with van der Waals surface area (Å²) < 4.78 is 5.08. The SMILES string of the molecule is CCC(CC#N)NC(C)(C)COC. The van der Waals surface area contributed by atoms with Crippen LogP contribution in [-0.4, -0.2) is 25.3 Å². The summed E-state index contributed by atoms with van der Waals surface area (Å²) >= 11 is 0. The number of nitrogens with one attached hydrogen (secondary N) is 1. The molecule has 0 radical (unpaired) electrons. The molecule has 1 atom stereocenters. The molecule has 0 spiro atoms. The zero-order chi connectivity index (χ0) is 10.3. The van der Waals surface area contributed by atoms with Gasteiger partial charge in [-0.1, -0.05) is 6.92 Å². The Kier molecular flexibility index (Phi) is 5.68. The number of nitriles is 1. The number of hydrogen-bond donors (Lipinski definition) is 1. The van der Waals surface area contributed by atoms with Gasteiger partial charge in [-0.2, -0.15) is 5.26 Å². The summed E-state index contributed by atoms with van der Waals surface area (Å²) in [7, 11) is 1.69. The lowest BCUT2D eigenvalue weighted by Gasteiger charge is -2.29. The predicted octanol–water partition coefficient (Wildman–Crippen LogP) is 1.69. The summed E-state index contributed by atoms with van der Waals surface area (Å²) in [5.41, 5.74) is -0.0493. The second-order valence-electron chi connectivity index (χ2n) is 3.93. The standard InChI is InChI=1S/C10H20N2O/c1-5-9(6-7-11)12-10(2,3)8-13-4/h9,12H,5-6,8H2,1-4H3. The Hall–Kier alpha value is -0.590. The highest BCUT2D eigenvalue weighted by atomic mass is 16.5. The molecular weight excluding hydrogens is 164 g/mol. The molecule has 0 aromatic heterocycles. The van der Waals surface area contributed by atoms with E-state index in [0.29, 0.717) is 13.0 Å². The molecule has 3 nitrogen and oxygen atoms in total. The molecule has 0 saturated carbocycles. The third-order valence-electron chi connectivity index (χ3n) is 1.93. The highest BCUT2D eigenvalue weighted by molar-refractivity contribution is 4.86. The van der Waals surface area contributed by atoms with Crippen LogP contribution in [0.5, 0.6) is 0 Å². The third-order valence-corrected chi connectivity index (χ3v) is 1.93. The maximum atomic E-state index is 8.57. The largest absolute Gasteiger partial charge is 0.383 e. The first-order valence-electron chi connectivity index (χ1n) is 4.69. The van der Waals surface area contributed by atoms with E-state index in [2.05, 4.69) is 32.2 Å². The van der Waals surface area contributed by atoms with E-state index >= 15 is 0 Å². The quantitative estimate of drug-likeness (QED) is 0.683. The summed E-state index contributed by atoms with van der Waals surface area (Å²) in [4.78, 5) is 0. The average molecular weight is 184 g/mol. The third kappa shape index (κ3) is 5.62. The minimum absolute atomic E-state index is 0.0493. The van der Waals surface area contributed by atoms with Gasteiger partial charge in [-0.3, -0.25) is 0 Å². The van der Waals surface area contributed by atoms with Crippen molar-refractivity contribution < 1.29 is 4.74 Å². The zero-order valence-electron chi connectivity index (χ0n) is 9.05. The lowest BCUT2D eigenvalue weighted by Crippen LogP contribution is -2.48. The number of methoxy groups -OCH3 is 1. The lowest BCUT2D eigenvalue weighted by molar-refractivity contribution is 0.120. The minimum Gasteiger partial charge on any atom is -0.383 e. The van der Waals surface area contributed by atoms with Crippen molar-refractivity contribution in [2.45, 2.75) is 45.2 Å². The Labute approximate surface area is 81.1 Å². The van der Waals surface area contributed by atoms with Crippen LogP contribution in [0, 0.1) is 11.3 Å². The molecule has 0 fully saturated rings. The smallest absolute Gasteiger partial charge is 0.0639 e. The van der Waals surface area contributed by atoms with Gasteiger partial charge in [0.15, 0.2) is 0 Å². The van der Waals surface area contributed by atoms with Crippen LogP contribution in [0.4, 0.5) is 0 Å². The van der Waals surface area contributed by atoms with Gasteiger partial charge >= 0.3 is 0 Å². The van der Waals surface area contributed by atoms with E-state index < -0.39 is 0 Å². The minimum atomic E-state index is -0.0493. The zero-order valence-corrected chi connectivity index (χ0v) is 9.05. The van der Waals surface area contributed by atoms with E-state index in [1.54, 1.807) is 7.11 Å². The Morgan fingerprint density at radius 2 is 2.15 bits per heavy atom. The van der Waals surface area contributed by atoms with Gasteiger partial charge in [-0.05, 0) is 20.3 Å². The Balaban J connectivity index is 3.98. The van der Waals surface area contributed by atoms with Crippen LogP contribution in [-0.2, 0) is 4.74 Å². The van der Waals surface area contributed by atoms with E-state index in [1.165, 1.54) is 0 Å². The fraction of sp³-hybridized carbons (Fsp3) is 0.900. The Bertz CT molecular complexity index is 172. The first kappa shape index (κ1) is 12.4. The molecule has 0 aliphatic rings. The van der Waals surface area contributed by atoms with Crippen LogP contribution in [0.3, 0.4) is 0 Å². The molecule has 0 rings (SSSR count). The van der Waals surface area contributed by atoms with E-state index in [-0.39, 0.29) is 11.6 Å². The van der Waals surface area contributed by atoms with Crippen molar-refractivity contribution in [1.29, 1.82) is 5.26 Å². The van der Waals surface area contributed by atoms with Crippen LogP contribution in [0.2, 0.25) is 0 Å². The van der Waals surface area contributed by atoms with Gasteiger partial charge < -0.3 is 10.1 Å². The highest BCUT2D eigenvalue weighted by Crippen LogP contribution is 2.07. The molecule has 1 N–H and O–H groups in total. The van der Waals surface area contributed by atoms with Crippen molar-refractivity contribution in [2.75, 3.05) is 13.7 Å². The Morgan fingerprint density at radius 1 is 1.54 bits per heavy atom. The molecule has 0 aromatic rings. The van der Waals surface area contributed by atoms with Gasteiger partial charge in [0.1, 0.15) is 0 Å². The molecule has 1 unspecified atom stereocenters. The average Bonchev–Trinajstić information content (AvgIpc) is 2.03. The van der Waals surface area contributed by atoms with Gasteiger partial charge in [0, 0.05) is 18.7 Å². The molecular formula is C10H20N2O. The van der Waals surface area contributed by atoms with Crippen LogP contribution in [0.1, 0.15) is 33.6 Å². The number of nitrogens with zero attached hydrogens (tertiary/aromatic N) is 1. The van der Waals surface area contributed by atoms with E-state index in [0.717, 1.165) is 6.42 Å². The first-order chi connectivity index (χ1) is 6.05. The summed E-state index contributed by atoms with van der Waals surface area (Å²) in [6, 6.07) is 2.45. The molecule has 0 bridgehead atoms. The second kappa shape index (κ2) is 5.95. The van der Waals surface area contributed by atoms with Crippen molar-refractivity contribution in [3.8, 4) is 6.07 Å². The molecule has 0 aliphatic heterocycles. The van der Waals surface area contributed by atoms with Crippen molar-refractivity contribution in [3.63, 3.8) is 0 Å². The van der Waals surface area contributed by atoms with E-state index in [9.17, 15) is 0 Å². The van der Waals surface area contributed by atoms with E-state index in [4.69, 9.17) is 10.00 Å². The van der Waals surface area contributed by atoms with E-state index in [1.807, 2.05) is 0 Å².